The Balaban J connectivity index is 0.901. The molecule has 0 unspecified atom stereocenters. The number of hydrogen-bond donors (Lipinski definition) is 0. The second-order valence-electron chi connectivity index (χ2n) is 16.5. The number of benzene rings is 9. The van der Waals surface area contributed by atoms with Crippen LogP contribution in [0.4, 0.5) is 0 Å². The topological polar surface area (TPSA) is 36.9 Å². The third-order valence-corrected chi connectivity index (χ3v) is 14.7. The first kappa shape index (κ1) is 39.5. The van der Waals surface area contributed by atoms with Crippen molar-refractivity contribution in [1.29, 1.82) is 0 Å². The fourth-order valence-electron chi connectivity index (χ4n) is 9.65. The minimum absolute atomic E-state index is 0.587. The van der Waals surface area contributed by atoms with E-state index >= 15 is 0 Å². The molecule has 0 radical (unpaired) electrons. The number of pyridine rings is 1. The van der Waals surface area contributed by atoms with Crippen molar-refractivity contribution in [2.75, 3.05) is 0 Å². The van der Waals surface area contributed by atoms with Gasteiger partial charge in [-0.1, -0.05) is 42.5 Å². The summed E-state index contributed by atoms with van der Waals surface area (Å²) >= 11 is 4.30. The Morgan fingerprint density at radius 2 is 1.04 bits per heavy atom. The van der Waals surface area contributed by atoms with Crippen LogP contribution in [0.2, 0.25) is 0 Å². The van der Waals surface area contributed by atoms with E-state index in [4.69, 9.17) is 9.72 Å². The number of aromatic nitrogens is 4. The Kier molecular flexibility index (Phi) is 9.55. The van der Waals surface area contributed by atoms with E-state index in [1.165, 1.54) is 25.7 Å². The molecule has 0 bridgehead atoms. The normalized spacial score (nSPS) is 11.7. The number of rotatable bonds is 8. The fraction of sp³-hybridized carbons (Fsp3) is 0. The molecule has 0 amide bonds. The first-order chi connectivity index (χ1) is 33.2. The van der Waals surface area contributed by atoms with Gasteiger partial charge in [0.15, 0.2) is 0 Å². The van der Waals surface area contributed by atoms with Crippen LogP contribution in [0.1, 0.15) is 0 Å². The van der Waals surface area contributed by atoms with Gasteiger partial charge >= 0.3 is 294 Å². The van der Waals surface area contributed by atoms with Gasteiger partial charge < -0.3 is 0 Å². The predicted molar refractivity (Wildman–Crippen MR) is 271 cm³/mol. The van der Waals surface area contributed by atoms with E-state index in [9.17, 15) is 0 Å². The molecular formula is C60H36N4OPtS-2. The third kappa shape index (κ3) is 6.63. The molecule has 0 spiro atoms. The van der Waals surface area contributed by atoms with Crippen molar-refractivity contribution < 1.29 is 24.1 Å². The Bertz CT molecular complexity index is 4030. The molecule has 9 aromatic carbocycles. The number of para-hydroxylation sites is 4. The van der Waals surface area contributed by atoms with Gasteiger partial charge in [0.1, 0.15) is 0 Å². The predicted octanol–water partition coefficient (Wildman–Crippen LogP) is 15.8. The summed E-state index contributed by atoms with van der Waals surface area (Å²) in [6.45, 7) is 0. The van der Waals surface area contributed by atoms with Crippen molar-refractivity contribution in [3.05, 3.63) is 234 Å². The maximum absolute atomic E-state index is 6.71. The molecule has 0 saturated heterocycles. The van der Waals surface area contributed by atoms with Crippen molar-refractivity contribution in [2.24, 2.45) is 0 Å². The molecule has 0 aliphatic rings. The van der Waals surface area contributed by atoms with Gasteiger partial charge in [-0.25, -0.2) is 0 Å². The number of ether oxygens (including phenoxy) is 1. The number of nitrogens with zero attached hydrogens (tertiary/aromatic N) is 4. The molecule has 0 aliphatic carbocycles. The summed E-state index contributed by atoms with van der Waals surface area (Å²) in [5, 5.41) is 4.75. The molecule has 320 valence electrons. The molecule has 13 aromatic rings. The van der Waals surface area contributed by atoms with Crippen molar-refractivity contribution in [2.45, 2.75) is 0 Å². The minimum atomic E-state index is 0.587. The number of imidazole rings is 1. The molecule has 0 saturated carbocycles. The zero-order valence-electron chi connectivity index (χ0n) is 35.7. The van der Waals surface area contributed by atoms with E-state index in [0.717, 1.165) is 81.7 Å². The van der Waals surface area contributed by atoms with Crippen molar-refractivity contribution in [3.8, 4) is 62.1 Å². The second kappa shape index (κ2) is 16.2. The standard InChI is InChI=1S/C60H36N4OS.Pt/c1-3-16-40(17-4-1)47-25-14-26-48(41-18-5-2-6-19-41)60(47)63-39-62(53-28-10-11-29-54(53)63)43-20-13-21-44(36-43)65-45-33-34-50-49-22-7-9-27-52(49)64(55(50)37-45)58-35-32-42(38-61-58)46-24-15-31-57-59(46)51-23-8-12-30-56(51)66-57;/h1-35,38H;/q-2;. The zero-order valence-corrected chi connectivity index (χ0v) is 38.8. The van der Waals surface area contributed by atoms with Gasteiger partial charge in [-0.05, 0) is 23.8 Å². The summed E-state index contributed by atoms with van der Waals surface area (Å²) in [6, 6.07) is 81.9. The molecule has 0 N–H and O–H groups in total. The molecule has 4 aromatic heterocycles. The Morgan fingerprint density at radius 3 is 1.79 bits per heavy atom. The van der Waals surface area contributed by atoms with Crippen molar-refractivity contribution in [1.82, 2.24) is 18.7 Å². The van der Waals surface area contributed by atoms with Crippen molar-refractivity contribution >= 4 is 64.3 Å². The Hall–Kier alpha value is -7.89. The molecule has 67 heavy (non-hydrogen) atoms. The van der Waals surface area contributed by atoms with Gasteiger partial charge in [-0.3, -0.25) is 0 Å². The van der Waals surface area contributed by atoms with Crippen LogP contribution in [0.25, 0.3) is 104 Å². The van der Waals surface area contributed by atoms with Gasteiger partial charge in [-0.15, -0.1) is 11.3 Å². The van der Waals surface area contributed by atoms with Crippen LogP contribution in [0.3, 0.4) is 0 Å². The van der Waals surface area contributed by atoms with Gasteiger partial charge in [0, 0.05) is 31.9 Å². The molecule has 0 aliphatic heterocycles. The summed E-state index contributed by atoms with van der Waals surface area (Å²) in [4.78, 5) is 5.12. The van der Waals surface area contributed by atoms with E-state index in [2.05, 4.69) is 239 Å². The van der Waals surface area contributed by atoms with E-state index in [1.807, 2.05) is 35.7 Å². The molecule has 0 fully saturated rings. The second-order valence-corrected chi connectivity index (χ2v) is 18.6. The third-order valence-electron chi connectivity index (χ3n) is 12.6. The van der Waals surface area contributed by atoms with Crippen molar-refractivity contribution in [3.63, 3.8) is 0 Å². The first-order valence-electron chi connectivity index (χ1n) is 22.1. The van der Waals surface area contributed by atoms with E-state index in [-0.39, 0.29) is 0 Å². The van der Waals surface area contributed by atoms with Crippen LogP contribution in [-0.4, -0.2) is 18.7 Å². The Labute approximate surface area is 401 Å². The quantitative estimate of drug-likeness (QED) is 0.142. The van der Waals surface area contributed by atoms with Crippen LogP contribution in [0.15, 0.2) is 219 Å². The molecule has 0 atom stereocenters. The van der Waals surface area contributed by atoms with Crippen LogP contribution in [0.5, 0.6) is 11.5 Å². The van der Waals surface area contributed by atoms with Gasteiger partial charge in [-0.2, -0.15) is 0 Å². The van der Waals surface area contributed by atoms with Crippen LogP contribution in [-0.2, 0) is 19.4 Å². The Morgan fingerprint density at radius 1 is 0.433 bits per heavy atom. The number of thiophene rings is 1. The van der Waals surface area contributed by atoms with Gasteiger partial charge in [0.25, 0.3) is 0 Å². The van der Waals surface area contributed by atoms with Crippen LogP contribution < -0.4 is 4.74 Å². The summed E-state index contributed by atoms with van der Waals surface area (Å²) in [7, 11) is 0. The van der Waals surface area contributed by atoms with E-state index in [1.54, 1.807) is 0 Å². The van der Waals surface area contributed by atoms with Gasteiger partial charge in [0.05, 0.1) is 0 Å². The first-order valence-corrected chi connectivity index (χ1v) is 24.1. The van der Waals surface area contributed by atoms with E-state index in [0.29, 0.717) is 11.5 Å². The molecule has 4 heterocycles. The average Bonchev–Trinajstić information content (AvgIpc) is 4.03. The number of hydrogen-bond acceptors (Lipinski definition) is 3. The fourth-order valence-corrected chi connectivity index (χ4v) is 11.9. The van der Waals surface area contributed by atoms with Crippen LogP contribution >= 0.6 is 11.3 Å². The summed E-state index contributed by atoms with van der Waals surface area (Å²) in [6.07, 6.45) is 2.00. The summed E-state index contributed by atoms with van der Waals surface area (Å²) in [5.74, 6) is 1.98. The number of fused-ring (bicyclic) bond motifs is 7. The van der Waals surface area contributed by atoms with E-state index < -0.39 is 0 Å². The molecular weight excluding hydrogens is 1020 g/mol. The maximum atomic E-state index is 6.71. The zero-order chi connectivity index (χ0) is 44.4. The average molecular weight is 1060 g/mol. The monoisotopic (exact) mass is 1060 g/mol. The van der Waals surface area contributed by atoms with Gasteiger partial charge in [0.2, 0.25) is 0 Å². The molecule has 7 heteroatoms. The van der Waals surface area contributed by atoms with Crippen LogP contribution in [0, 0.1) is 15.9 Å². The summed E-state index contributed by atoms with van der Waals surface area (Å²) in [5.41, 5.74) is 12.9. The SMILES string of the molecule is [Pt]=[c]1n(-c2[c-]c(Oc3[c-]c4c(cc3)c3ccccc3n4-c3ccc(-c4cccc5sc6ccccc6c45)cn3)ccc2)c2ccccc2n1-c1c(-c2ccccc2)cccc1-c1ccccc1. The molecule has 13 rings (SSSR count). The molecule has 5 nitrogen and oxygen atoms in total. The summed E-state index contributed by atoms with van der Waals surface area (Å²) < 4.78 is 17.1.